The Labute approximate surface area is 178 Å². The molecule has 0 radical (unpaired) electrons. The summed E-state index contributed by atoms with van der Waals surface area (Å²) in [5.74, 6) is -0.603. The second-order valence-corrected chi connectivity index (χ2v) is 8.47. The maximum absolute atomic E-state index is 13.0. The van der Waals surface area contributed by atoms with E-state index in [1.165, 1.54) is 12.1 Å². The third-order valence-electron chi connectivity index (χ3n) is 5.07. The van der Waals surface area contributed by atoms with Crippen molar-refractivity contribution in [3.8, 4) is 0 Å². The van der Waals surface area contributed by atoms with Crippen LogP contribution in [0.4, 0.5) is 23.7 Å². The fourth-order valence-electron chi connectivity index (χ4n) is 3.39. The van der Waals surface area contributed by atoms with Crippen molar-refractivity contribution in [1.82, 2.24) is 10.6 Å². The van der Waals surface area contributed by atoms with Crippen LogP contribution < -0.4 is 16.0 Å². The van der Waals surface area contributed by atoms with Crippen LogP contribution >= 0.6 is 0 Å². The normalized spacial score (nSPS) is 17.1. The minimum Gasteiger partial charge on any atom is -0.327 e. The van der Waals surface area contributed by atoms with Gasteiger partial charge in [-0.05, 0) is 41.7 Å². The molecule has 0 spiro atoms. The molecule has 3 amide bonds. The molecule has 1 aliphatic heterocycles. The summed E-state index contributed by atoms with van der Waals surface area (Å²) in [6.07, 6.45) is -4.52. The van der Waals surface area contributed by atoms with Crippen molar-refractivity contribution in [1.29, 1.82) is 0 Å². The molecular weight excluding hydrogens is 407 g/mol. The van der Waals surface area contributed by atoms with Crippen LogP contribution in [0.15, 0.2) is 59.8 Å². The largest absolute Gasteiger partial charge is 0.416 e. The van der Waals surface area contributed by atoms with Crippen molar-refractivity contribution in [2.75, 3.05) is 5.32 Å². The fraction of sp³-hybridized carbons (Fsp3) is 0.304. The Hall–Kier alpha value is -3.29. The highest BCUT2D eigenvalue weighted by molar-refractivity contribution is 6.06. The Morgan fingerprint density at radius 2 is 1.65 bits per heavy atom. The van der Waals surface area contributed by atoms with E-state index < -0.39 is 29.7 Å². The maximum Gasteiger partial charge on any atom is 0.416 e. The van der Waals surface area contributed by atoms with Crippen LogP contribution in [-0.4, -0.2) is 11.9 Å². The first kappa shape index (κ1) is 22.4. The molecule has 2 aromatic carbocycles. The van der Waals surface area contributed by atoms with Crippen LogP contribution in [0.2, 0.25) is 0 Å². The van der Waals surface area contributed by atoms with Crippen molar-refractivity contribution < 1.29 is 22.8 Å². The Morgan fingerprint density at radius 1 is 1.00 bits per heavy atom. The van der Waals surface area contributed by atoms with E-state index in [1.54, 1.807) is 6.92 Å². The molecule has 1 atom stereocenters. The van der Waals surface area contributed by atoms with Crippen molar-refractivity contribution in [2.24, 2.45) is 0 Å². The molecule has 3 rings (SSSR count). The van der Waals surface area contributed by atoms with Crippen LogP contribution in [0.1, 0.15) is 50.4 Å². The standard InChI is InChI=1S/C23H24F3N3O2/c1-13-18(20(30)28-17-7-5-6-16(12-17)23(24,25)26)19(29-21(31)27-13)14-8-10-15(11-9-14)22(2,3)4/h5-12,19H,1-4H3,(H,28,30)(H2,27,29,31)/t19-/m0/s1. The number of anilines is 1. The number of carbonyl (C=O) groups is 2. The molecule has 3 N–H and O–H groups in total. The van der Waals surface area contributed by atoms with Crippen molar-refractivity contribution in [3.63, 3.8) is 0 Å². The Morgan fingerprint density at radius 3 is 2.23 bits per heavy atom. The lowest BCUT2D eigenvalue weighted by molar-refractivity contribution is -0.137. The zero-order valence-corrected chi connectivity index (χ0v) is 17.6. The van der Waals surface area contributed by atoms with Crippen LogP contribution in [-0.2, 0) is 16.4 Å². The Balaban J connectivity index is 1.92. The number of urea groups is 1. The van der Waals surface area contributed by atoms with Crippen molar-refractivity contribution >= 4 is 17.6 Å². The quantitative estimate of drug-likeness (QED) is 0.620. The summed E-state index contributed by atoms with van der Waals surface area (Å²) in [6.45, 7) is 7.81. The second kappa shape index (κ2) is 8.09. The number of alkyl halides is 3. The van der Waals surface area contributed by atoms with Gasteiger partial charge in [-0.1, -0.05) is 51.1 Å². The molecule has 31 heavy (non-hydrogen) atoms. The summed E-state index contributed by atoms with van der Waals surface area (Å²) in [4.78, 5) is 25.1. The van der Waals surface area contributed by atoms with Gasteiger partial charge in [-0.3, -0.25) is 4.79 Å². The van der Waals surface area contributed by atoms with E-state index in [0.29, 0.717) is 11.3 Å². The summed E-state index contributed by atoms with van der Waals surface area (Å²) in [7, 11) is 0. The Kier molecular flexibility index (Phi) is 5.85. The smallest absolute Gasteiger partial charge is 0.327 e. The minimum atomic E-state index is -4.52. The first-order valence-corrected chi connectivity index (χ1v) is 9.73. The van der Waals surface area contributed by atoms with E-state index in [2.05, 4.69) is 36.7 Å². The monoisotopic (exact) mass is 431 g/mol. The highest BCUT2D eigenvalue weighted by Gasteiger charge is 2.33. The number of halogens is 3. The molecule has 0 fully saturated rings. The molecule has 164 valence electrons. The summed E-state index contributed by atoms with van der Waals surface area (Å²) >= 11 is 0. The van der Waals surface area contributed by atoms with Gasteiger partial charge in [-0.2, -0.15) is 13.2 Å². The minimum absolute atomic E-state index is 0.0128. The van der Waals surface area contributed by atoms with Gasteiger partial charge in [0.15, 0.2) is 0 Å². The van der Waals surface area contributed by atoms with E-state index in [0.717, 1.165) is 17.7 Å². The van der Waals surface area contributed by atoms with Crippen LogP contribution in [0.3, 0.4) is 0 Å². The summed E-state index contributed by atoms with van der Waals surface area (Å²) < 4.78 is 39.0. The van der Waals surface area contributed by atoms with Gasteiger partial charge in [0.1, 0.15) is 0 Å². The summed E-state index contributed by atoms with van der Waals surface area (Å²) in [5.41, 5.74) is 1.42. The van der Waals surface area contributed by atoms with E-state index in [4.69, 9.17) is 0 Å². The number of nitrogens with one attached hydrogen (secondary N) is 3. The van der Waals surface area contributed by atoms with Crippen molar-refractivity contribution in [3.05, 3.63) is 76.5 Å². The van der Waals surface area contributed by atoms with Gasteiger partial charge >= 0.3 is 12.2 Å². The van der Waals surface area contributed by atoms with Crippen LogP contribution in [0.25, 0.3) is 0 Å². The number of hydrogen-bond acceptors (Lipinski definition) is 2. The molecule has 0 unspecified atom stereocenters. The first-order valence-electron chi connectivity index (χ1n) is 9.73. The first-order chi connectivity index (χ1) is 14.4. The van der Waals surface area contributed by atoms with Crippen LogP contribution in [0.5, 0.6) is 0 Å². The van der Waals surface area contributed by atoms with Gasteiger partial charge < -0.3 is 16.0 Å². The Bertz CT molecular complexity index is 1040. The lowest BCUT2D eigenvalue weighted by Crippen LogP contribution is -2.46. The lowest BCUT2D eigenvalue weighted by Gasteiger charge is -2.29. The molecule has 0 saturated heterocycles. The molecule has 0 bridgehead atoms. The number of carbonyl (C=O) groups excluding carboxylic acids is 2. The summed E-state index contributed by atoms with van der Waals surface area (Å²) in [5, 5.41) is 7.80. The topological polar surface area (TPSA) is 70.2 Å². The van der Waals surface area contributed by atoms with Crippen LogP contribution in [0, 0.1) is 0 Å². The van der Waals surface area contributed by atoms with Gasteiger partial charge in [0, 0.05) is 11.4 Å². The van der Waals surface area contributed by atoms with Gasteiger partial charge in [-0.15, -0.1) is 0 Å². The second-order valence-electron chi connectivity index (χ2n) is 8.47. The zero-order valence-electron chi connectivity index (χ0n) is 17.6. The van der Waals surface area contributed by atoms with Gasteiger partial charge in [0.25, 0.3) is 5.91 Å². The maximum atomic E-state index is 13.0. The van der Waals surface area contributed by atoms with E-state index in [9.17, 15) is 22.8 Å². The summed E-state index contributed by atoms with van der Waals surface area (Å²) in [6, 6.07) is 10.7. The zero-order chi connectivity index (χ0) is 23.0. The fourth-order valence-corrected chi connectivity index (χ4v) is 3.39. The SMILES string of the molecule is CC1=C(C(=O)Nc2cccc(C(F)(F)F)c2)[C@H](c2ccc(C(C)(C)C)cc2)NC(=O)N1. The molecule has 0 saturated carbocycles. The van der Waals surface area contributed by atoms with E-state index >= 15 is 0 Å². The molecule has 0 aromatic heterocycles. The number of amides is 3. The number of rotatable bonds is 3. The predicted molar refractivity (Wildman–Crippen MR) is 112 cm³/mol. The molecule has 5 nitrogen and oxygen atoms in total. The number of benzene rings is 2. The molecule has 0 aliphatic carbocycles. The molecule has 1 heterocycles. The third-order valence-corrected chi connectivity index (χ3v) is 5.07. The van der Waals surface area contributed by atoms with Crippen molar-refractivity contribution in [2.45, 2.75) is 45.3 Å². The number of hydrogen-bond donors (Lipinski definition) is 3. The molecule has 1 aliphatic rings. The van der Waals surface area contributed by atoms with E-state index in [-0.39, 0.29) is 16.7 Å². The molecular formula is C23H24F3N3O2. The third kappa shape index (κ3) is 5.07. The predicted octanol–water partition coefficient (Wildman–Crippen LogP) is 5.27. The highest BCUT2D eigenvalue weighted by atomic mass is 19.4. The molecule has 8 heteroatoms. The van der Waals surface area contributed by atoms with Gasteiger partial charge in [0.05, 0.1) is 17.2 Å². The average molecular weight is 431 g/mol. The average Bonchev–Trinajstić information content (AvgIpc) is 2.66. The molecule has 2 aromatic rings. The lowest BCUT2D eigenvalue weighted by atomic mass is 9.85. The van der Waals surface area contributed by atoms with Gasteiger partial charge in [0.2, 0.25) is 0 Å². The number of allylic oxidation sites excluding steroid dienone is 1. The van der Waals surface area contributed by atoms with E-state index in [1.807, 2.05) is 24.3 Å². The van der Waals surface area contributed by atoms with Gasteiger partial charge in [-0.25, -0.2) is 4.79 Å². The highest BCUT2D eigenvalue weighted by Crippen LogP contribution is 2.32.